The number of aromatic nitrogens is 2. The zero-order valence-corrected chi connectivity index (χ0v) is 17.9. The third-order valence-corrected chi connectivity index (χ3v) is 5.37. The van der Waals surface area contributed by atoms with E-state index >= 15 is 0 Å². The van der Waals surface area contributed by atoms with E-state index in [-0.39, 0.29) is 11.3 Å². The van der Waals surface area contributed by atoms with Crippen LogP contribution in [-0.4, -0.2) is 22.8 Å². The summed E-state index contributed by atoms with van der Waals surface area (Å²) in [6.07, 6.45) is 0. The van der Waals surface area contributed by atoms with E-state index < -0.39 is 5.91 Å². The summed E-state index contributed by atoms with van der Waals surface area (Å²) in [5, 5.41) is 8.19. The Morgan fingerprint density at radius 2 is 1.73 bits per heavy atom. The summed E-state index contributed by atoms with van der Waals surface area (Å²) >= 11 is 3.47. The number of aryl methyl sites for hydroxylation is 1. The predicted octanol–water partition coefficient (Wildman–Crippen LogP) is 4.72. The Bertz CT molecular complexity index is 1310. The second-order valence-corrected chi connectivity index (χ2v) is 7.60. The second-order valence-electron chi connectivity index (χ2n) is 6.75. The van der Waals surface area contributed by atoms with Crippen LogP contribution >= 0.6 is 15.9 Å². The molecule has 150 valence electrons. The Balaban J connectivity index is 1.85. The highest BCUT2D eigenvalue weighted by Crippen LogP contribution is 2.25. The highest BCUT2D eigenvalue weighted by atomic mass is 79.9. The number of rotatable bonds is 4. The number of fused-ring (bicyclic) bond motifs is 1. The molecule has 3 aromatic carbocycles. The van der Waals surface area contributed by atoms with Crippen LogP contribution in [0.15, 0.2) is 76.0 Å². The highest BCUT2D eigenvalue weighted by Gasteiger charge is 2.18. The van der Waals surface area contributed by atoms with Crippen molar-refractivity contribution in [1.29, 1.82) is 0 Å². The van der Waals surface area contributed by atoms with Gasteiger partial charge in [-0.2, -0.15) is 9.78 Å². The van der Waals surface area contributed by atoms with Crippen molar-refractivity contribution in [3.63, 3.8) is 0 Å². The Kier molecular flexibility index (Phi) is 5.37. The smallest absolute Gasteiger partial charge is 0.279 e. The lowest BCUT2D eigenvalue weighted by Gasteiger charge is -2.12. The molecule has 0 spiro atoms. The summed E-state index contributed by atoms with van der Waals surface area (Å²) in [6, 6.07) is 19.5. The molecule has 0 unspecified atom stereocenters. The van der Waals surface area contributed by atoms with E-state index in [0.717, 1.165) is 10.0 Å². The van der Waals surface area contributed by atoms with Crippen LogP contribution in [-0.2, 0) is 0 Å². The number of hydrogen-bond donors (Lipinski definition) is 1. The number of benzene rings is 3. The van der Waals surface area contributed by atoms with Crippen LogP contribution in [0, 0.1) is 6.92 Å². The first-order valence-corrected chi connectivity index (χ1v) is 10.0. The molecule has 0 bridgehead atoms. The molecule has 0 aliphatic heterocycles. The van der Waals surface area contributed by atoms with Gasteiger partial charge in [-0.05, 0) is 70.9 Å². The van der Waals surface area contributed by atoms with Gasteiger partial charge in [0.05, 0.1) is 23.9 Å². The monoisotopic (exact) mass is 463 g/mol. The first kappa shape index (κ1) is 19.8. The highest BCUT2D eigenvalue weighted by molar-refractivity contribution is 9.10. The molecular weight excluding hydrogens is 446 g/mol. The molecule has 30 heavy (non-hydrogen) atoms. The van der Waals surface area contributed by atoms with Crippen LogP contribution in [0.2, 0.25) is 0 Å². The van der Waals surface area contributed by atoms with Gasteiger partial charge in [-0.15, -0.1) is 0 Å². The van der Waals surface area contributed by atoms with Crippen molar-refractivity contribution in [2.24, 2.45) is 0 Å². The predicted molar refractivity (Wildman–Crippen MR) is 121 cm³/mol. The summed E-state index contributed by atoms with van der Waals surface area (Å²) in [5.41, 5.74) is 2.09. The summed E-state index contributed by atoms with van der Waals surface area (Å²) in [4.78, 5) is 26.2. The van der Waals surface area contributed by atoms with Crippen LogP contribution in [0.1, 0.15) is 16.1 Å². The van der Waals surface area contributed by atoms with Crippen molar-refractivity contribution in [3.8, 4) is 11.4 Å². The van der Waals surface area contributed by atoms with Crippen molar-refractivity contribution in [3.05, 3.63) is 92.8 Å². The normalized spacial score (nSPS) is 10.8. The summed E-state index contributed by atoms with van der Waals surface area (Å²) < 4.78 is 7.18. The van der Waals surface area contributed by atoms with E-state index in [0.29, 0.717) is 27.9 Å². The molecular formula is C23H18BrN3O3. The van der Waals surface area contributed by atoms with Crippen molar-refractivity contribution in [2.75, 3.05) is 12.4 Å². The van der Waals surface area contributed by atoms with E-state index in [4.69, 9.17) is 4.74 Å². The zero-order chi connectivity index (χ0) is 21.3. The fourth-order valence-corrected chi connectivity index (χ4v) is 3.75. The largest absolute Gasteiger partial charge is 0.497 e. The summed E-state index contributed by atoms with van der Waals surface area (Å²) in [5.74, 6) is 0.257. The maximum absolute atomic E-state index is 13.1. The van der Waals surface area contributed by atoms with Gasteiger partial charge in [0.1, 0.15) is 5.75 Å². The Labute approximate surface area is 181 Å². The third kappa shape index (κ3) is 3.71. The van der Waals surface area contributed by atoms with Crippen molar-refractivity contribution < 1.29 is 9.53 Å². The number of carbonyl (C=O) groups excluding carboxylic acids is 1. The lowest BCUT2D eigenvalue weighted by atomic mass is 10.1. The molecule has 0 atom stereocenters. The minimum atomic E-state index is -0.405. The van der Waals surface area contributed by atoms with Gasteiger partial charge in [-0.25, -0.2) is 0 Å². The number of hydrogen-bond acceptors (Lipinski definition) is 4. The standard InChI is InChI=1S/C23H18BrN3O3/c1-14-7-12-20(19(24)13-14)25-22(28)21-17-5-3-4-6-18(17)23(29)27(26-21)15-8-10-16(30-2)11-9-15/h3-13H,1-2H3,(H,25,28). The first-order valence-electron chi connectivity index (χ1n) is 9.22. The van der Waals surface area contributed by atoms with Gasteiger partial charge in [-0.3, -0.25) is 9.59 Å². The molecule has 4 aromatic rings. The van der Waals surface area contributed by atoms with Crippen LogP contribution in [0.3, 0.4) is 0 Å². The second kappa shape index (κ2) is 8.12. The summed E-state index contributed by atoms with van der Waals surface area (Å²) in [6.45, 7) is 1.97. The zero-order valence-electron chi connectivity index (χ0n) is 16.3. The Hall–Kier alpha value is -3.45. The van der Waals surface area contributed by atoms with E-state index in [2.05, 4.69) is 26.3 Å². The van der Waals surface area contributed by atoms with Crippen LogP contribution in [0.5, 0.6) is 5.75 Å². The fraction of sp³-hybridized carbons (Fsp3) is 0.0870. The van der Waals surface area contributed by atoms with Gasteiger partial charge in [0, 0.05) is 9.86 Å². The average Bonchev–Trinajstić information content (AvgIpc) is 2.76. The molecule has 6 nitrogen and oxygen atoms in total. The maximum atomic E-state index is 13.1. The molecule has 1 aromatic heterocycles. The average molecular weight is 464 g/mol. The number of carbonyl (C=O) groups is 1. The van der Waals surface area contributed by atoms with Gasteiger partial charge in [0.25, 0.3) is 11.5 Å². The lowest BCUT2D eigenvalue weighted by Crippen LogP contribution is -2.26. The molecule has 1 amide bonds. The third-order valence-electron chi connectivity index (χ3n) is 4.71. The Morgan fingerprint density at radius 1 is 1.03 bits per heavy atom. The first-order chi connectivity index (χ1) is 14.5. The summed E-state index contributed by atoms with van der Waals surface area (Å²) in [7, 11) is 1.57. The molecule has 1 N–H and O–H groups in total. The lowest BCUT2D eigenvalue weighted by molar-refractivity contribution is 0.102. The van der Waals surface area contributed by atoms with Gasteiger partial charge in [-0.1, -0.05) is 24.3 Å². The van der Waals surface area contributed by atoms with Gasteiger partial charge in [0.2, 0.25) is 0 Å². The number of anilines is 1. The molecule has 1 heterocycles. The number of nitrogens with one attached hydrogen (secondary N) is 1. The molecule has 0 saturated heterocycles. The molecule has 0 fully saturated rings. The SMILES string of the molecule is COc1ccc(-n2nc(C(=O)Nc3ccc(C)cc3Br)c3ccccc3c2=O)cc1. The van der Waals surface area contributed by atoms with E-state index in [1.54, 1.807) is 55.6 Å². The van der Waals surface area contributed by atoms with Gasteiger partial charge in [0.15, 0.2) is 5.69 Å². The molecule has 0 radical (unpaired) electrons. The minimum Gasteiger partial charge on any atom is -0.497 e. The fourth-order valence-electron chi connectivity index (χ4n) is 3.16. The van der Waals surface area contributed by atoms with Crippen LogP contribution < -0.4 is 15.6 Å². The topological polar surface area (TPSA) is 73.2 Å². The molecule has 0 saturated carbocycles. The number of halogens is 1. The Morgan fingerprint density at radius 3 is 2.40 bits per heavy atom. The van der Waals surface area contributed by atoms with Crippen LogP contribution in [0.25, 0.3) is 16.5 Å². The van der Waals surface area contributed by atoms with Gasteiger partial charge < -0.3 is 10.1 Å². The number of nitrogens with zero attached hydrogens (tertiary/aromatic N) is 2. The maximum Gasteiger partial charge on any atom is 0.279 e. The molecule has 4 rings (SSSR count). The molecule has 0 aliphatic rings. The van der Waals surface area contributed by atoms with Crippen molar-refractivity contribution >= 4 is 38.3 Å². The van der Waals surface area contributed by atoms with Crippen molar-refractivity contribution in [1.82, 2.24) is 9.78 Å². The number of methoxy groups -OCH3 is 1. The quantitative estimate of drug-likeness (QED) is 0.475. The van der Waals surface area contributed by atoms with E-state index in [9.17, 15) is 9.59 Å². The number of ether oxygens (including phenoxy) is 1. The van der Waals surface area contributed by atoms with Crippen LogP contribution in [0.4, 0.5) is 5.69 Å². The molecule has 7 heteroatoms. The minimum absolute atomic E-state index is 0.161. The van der Waals surface area contributed by atoms with E-state index in [1.807, 2.05) is 25.1 Å². The number of amides is 1. The van der Waals surface area contributed by atoms with E-state index in [1.165, 1.54) is 4.68 Å². The van der Waals surface area contributed by atoms with Gasteiger partial charge >= 0.3 is 0 Å². The van der Waals surface area contributed by atoms with Crippen molar-refractivity contribution in [2.45, 2.75) is 6.92 Å². The molecule has 0 aliphatic carbocycles.